The van der Waals surface area contributed by atoms with E-state index in [1.165, 1.54) is 6.07 Å². The van der Waals surface area contributed by atoms with Crippen molar-refractivity contribution in [3.05, 3.63) is 59.0 Å². The topological polar surface area (TPSA) is 122 Å². The number of piperidine rings is 1. The van der Waals surface area contributed by atoms with E-state index in [2.05, 4.69) is 52.9 Å². The van der Waals surface area contributed by atoms with Crippen LogP contribution in [0.1, 0.15) is 46.2 Å². The molecule has 2 aromatic carbocycles. The van der Waals surface area contributed by atoms with Crippen molar-refractivity contribution in [1.29, 1.82) is 0 Å². The Morgan fingerprint density at radius 2 is 1.72 bits per heavy atom. The number of fused-ring (bicyclic) bond motifs is 1. The van der Waals surface area contributed by atoms with E-state index in [-0.39, 0.29) is 27.9 Å². The third kappa shape index (κ3) is 5.85. The van der Waals surface area contributed by atoms with Crippen molar-refractivity contribution in [3.63, 3.8) is 0 Å². The molecule has 4 aromatic rings. The van der Waals surface area contributed by atoms with E-state index in [0.29, 0.717) is 22.9 Å². The van der Waals surface area contributed by atoms with Crippen molar-refractivity contribution in [2.45, 2.75) is 69.5 Å². The van der Waals surface area contributed by atoms with Crippen LogP contribution >= 0.6 is 11.6 Å². The molecule has 2 aromatic heterocycles. The molecule has 0 atom stereocenters. The fraction of sp³-hybridized carbons (Fsp3) is 0.370. The van der Waals surface area contributed by atoms with Gasteiger partial charge in [0.05, 0.1) is 0 Å². The number of halogens is 2. The van der Waals surface area contributed by atoms with Gasteiger partial charge >= 0.3 is 0 Å². The number of sulfonamides is 1. The largest absolute Gasteiger partial charge is 0.474 e. The predicted octanol–water partition coefficient (Wildman–Crippen LogP) is 5.61. The van der Waals surface area contributed by atoms with Crippen LogP contribution in [0.25, 0.3) is 22.4 Å². The molecule has 39 heavy (non-hydrogen) atoms. The van der Waals surface area contributed by atoms with Crippen LogP contribution in [0.4, 0.5) is 10.1 Å². The number of hydrogen-bond donors (Lipinski definition) is 3. The van der Waals surface area contributed by atoms with Crippen molar-refractivity contribution in [2.75, 3.05) is 4.72 Å². The number of aryl methyl sites for hydroxylation is 1. The average Bonchev–Trinajstić information content (AvgIpc) is 3.19. The summed E-state index contributed by atoms with van der Waals surface area (Å²) in [5.74, 6) is -0.0692. The smallest absolute Gasteiger partial charge is 0.264 e. The molecule has 1 aliphatic rings. The molecule has 0 radical (unpaired) electrons. The summed E-state index contributed by atoms with van der Waals surface area (Å²) in [6.07, 6.45) is 1.53. The Hall–Kier alpha value is -3.28. The number of anilines is 1. The van der Waals surface area contributed by atoms with Crippen molar-refractivity contribution in [2.24, 2.45) is 0 Å². The van der Waals surface area contributed by atoms with Gasteiger partial charge in [-0.1, -0.05) is 11.6 Å². The summed E-state index contributed by atoms with van der Waals surface area (Å²) in [7, 11) is -4.19. The molecule has 0 amide bonds. The quantitative estimate of drug-likeness (QED) is 0.274. The SMILES string of the molecule is Cc1[nH]nc2nc(-c3ccc(NS(=O)(=O)c4cc(Cl)ccc4F)cc3)nc(OC3CC(C)(C)NC(C)(C)C3)c12. The van der Waals surface area contributed by atoms with E-state index in [9.17, 15) is 12.8 Å². The highest BCUT2D eigenvalue weighted by atomic mass is 35.5. The van der Waals surface area contributed by atoms with Gasteiger partial charge in [-0.15, -0.1) is 0 Å². The summed E-state index contributed by atoms with van der Waals surface area (Å²) in [5.41, 5.74) is 1.93. The molecule has 3 heterocycles. The summed E-state index contributed by atoms with van der Waals surface area (Å²) in [4.78, 5) is 8.82. The monoisotopic (exact) mass is 572 g/mol. The molecule has 1 aliphatic heterocycles. The van der Waals surface area contributed by atoms with Gasteiger partial charge < -0.3 is 10.1 Å². The Kier molecular flexibility index (Phi) is 6.80. The highest BCUT2D eigenvalue weighted by Gasteiger charge is 2.39. The zero-order valence-electron chi connectivity index (χ0n) is 22.3. The minimum atomic E-state index is -4.19. The molecule has 0 bridgehead atoms. The van der Waals surface area contributed by atoms with Gasteiger partial charge in [0.15, 0.2) is 11.5 Å². The number of aromatic nitrogens is 4. The second-order valence-electron chi connectivity index (χ2n) is 11.2. The molecular weight excluding hydrogens is 543 g/mol. The molecule has 5 rings (SSSR count). The molecule has 1 saturated heterocycles. The number of ether oxygens (including phenoxy) is 1. The maximum absolute atomic E-state index is 14.2. The number of aromatic amines is 1. The van der Waals surface area contributed by atoms with Crippen LogP contribution in [0.2, 0.25) is 5.02 Å². The number of nitrogens with one attached hydrogen (secondary N) is 3. The van der Waals surface area contributed by atoms with E-state index in [1.807, 2.05) is 6.92 Å². The van der Waals surface area contributed by atoms with Crippen molar-refractivity contribution in [1.82, 2.24) is 25.5 Å². The first-order valence-electron chi connectivity index (χ1n) is 12.5. The minimum Gasteiger partial charge on any atom is -0.474 e. The van der Waals surface area contributed by atoms with Gasteiger partial charge in [-0.05, 0) is 77.1 Å². The molecule has 206 valence electrons. The zero-order valence-corrected chi connectivity index (χ0v) is 23.8. The molecule has 0 spiro atoms. The second-order valence-corrected chi connectivity index (χ2v) is 13.3. The van der Waals surface area contributed by atoms with Crippen molar-refractivity contribution in [3.8, 4) is 17.3 Å². The van der Waals surface area contributed by atoms with Crippen LogP contribution in [0.3, 0.4) is 0 Å². The van der Waals surface area contributed by atoms with Crippen LogP contribution in [-0.4, -0.2) is 45.8 Å². The normalized spacial score (nSPS) is 17.3. The molecule has 0 saturated carbocycles. The van der Waals surface area contributed by atoms with Gasteiger partial charge in [-0.3, -0.25) is 9.82 Å². The highest BCUT2D eigenvalue weighted by Crippen LogP contribution is 2.34. The van der Waals surface area contributed by atoms with Crippen molar-refractivity contribution < 1.29 is 17.5 Å². The fourth-order valence-corrected chi connectivity index (χ4v) is 6.70. The summed E-state index contributed by atoms with van der Waals surface area (Å²) in [5, 5.41) is 11.8. The van der Waals surface area contributed by atoms with E-state index in [4.69, 9.17) is 21.3 Å². The lowest BCUT2D eigenvalue weighted by atomic mass is 9.81. The molecule has 0 aliphatic carbocycles. The maximum atomic E-state index is 14.2. The lowest BCUT2D eigenvalue weighted by Crippen LogP contribution is -2.60. The predicted molar refractivity (Wildman–Crippen MR) is 149 cm³/mol. The third-order valence-corrected chi connectivity index (χ3v) is 8.20. The Labute approximate surface area is 231 Å². The lowest BCUT2D eigenvalue weighted by Gasteiger charge is -2.46. The minimum absolute atomic E-state index is 0.0693. The van der Waals surface area contributed by atoms with Gasteiger partial charge in [0, 0.05) is 45.9 Å². The van der Waals surface area contributed by atoms with Gasteiger partial charge in [0.25, 0.3) is 10.0 Å². The van der Waals surface area contributed by atoms with Crippen LogP contribution in [0.5, 0.6) is 5.88 Å². The van der Waals surface area contributed by atoms with E-state index >= 15 is 0 Å². The first-order valence-corrected chi connectivity index (χ1v) is 14.3. The maximum Gasteiger partial charge on any atom is 0.264 e. The molecule has 3 N–H and O–H groups in total. The summed E-state index contributed by atoms with van der Waals surface area (Å²) in [6.45, 7) is 10.5. The number of nitrogens with zero attached hydrogens (tertiary/aromatic N) is 3. The second kappa shape index (κ2) is 9.72. The highest BCUT2D eigenvalue weighted by molar-refractivity contribution is 7.92. The fourth-order valence-electron chi connectivity index (χ4n) is 5.30. The number of H-pyrrole nitrogens is 1. The standard InChI is InChI=1S/C27H30ClFN6O3S/c1-15-22-24(33-32-15)30-23(31-25(22)38-19-13-26(2,3)35-27(4,5)14-19)16-6-9-18(10-7-16)34-39(36,37)21-12-17(28)8-11-20(21)29/h6-12,19,34-35H,13-14H2,1-5H3,(H,30,31,32,33). The molecule has 0 unspecified atom stereocenters. The first kappa shape index (κ1) is 27.3. The average molecular weight is 573 g/mol. The van der Waals surface area contributed by atoms with E-state index in [0.717, 1.165) is 36.1 Å². The number of rotatable bonds is 6. The lowest BCUT2D eigenvalue weighted by molar-refractivity contribution is 0.0541. The zero-order chi connectivity index (χ0) is 28.2. The first-order chi connectivity index (χ1) is 18.2. The number of benzene rings is 2. The number of hydrogen-bond acceptors (Lipinski definition) is 7. The molecule has 1 fully saturated rings. The van der Waals surface area contributed by atoms with Crippen molar-refractivity contribution >= 4 is 38.3 Å². The Morgan fingerprint density at radius 1 is 1.05 bits per heavy atom. The Morgan fingerprint density at radius 3 is 2.38 bits per heavy atom. The van der Waals surface area contributed by atoms with Gasteiger partial charge in [0.2, 0.25) is 5.88 Å². The van der Waals surface area contributed by atoms with Crippen LogP contribution in [0, 0.1) is 12.7 Å². The Balaban J connectivity index is 1.44. The third-order valence-electron chi connectivity index (χ3n) is 6.57. The summed E-state index contributed by atoms with van der Waals surface area (Å²) < 4.78 is 48.5. The van der Waals surface area contributed by atoms with E-state index in [1.54, 1.807) is 24.3 Å². The molecule has 9 nitrogen and oxygen atoms in total. The van der Waals surface area contributed by atoms with Gasteiger partial charge in [-0.2, -0.15) is 10.1 Å². The Bertz CT molecular complexity index is 1640. The van der Waals surface area contributed by atoms with E-state index < -0.39 is 20.7 Å². The van der Waals surface area contributed by atoms with Crippen LogP contribution < -0.4 is 14.8 Å². The summed E-state index contributed by atoms with van der Waals surface area (Å²) in [6, 6.07) is 9.81. The van der Waals surface area contributed by atoms with Crippen LogP contribution in [0.15, 0.2) is 47.4 Å². The molecule has 12 heteroatoms. The van der Waals surface area contributed by atoms with Gasteiger partial charge in [0.1, 0.15) is 22.2 Å². The molecular formula is C27H30ClFN6O3S. The van der Waals surface area contributed by atoms with Gasteiger partial charge in [-0.25, -0.2) is 17.8 Å². The van der Waals surface area contributed by atoms with Crippen LogP contribution in [-0.2, 0) is 10.0 Å². The summed E-state index contributed by atoms with van der Waals surface area (Å²) >= 11 is 5.87.